The quantitative estimate of drug-likeness (QED) is 0.0321. The molecule has 6 nitrogen and oxygen atoms in total. The average molecular weight is 894 g/mol. The highest BCUT2D eigenvalue weighted by atomic mass is 16.5. The Bertz CT molecular complexity index is 1190. The minimum atomic E-state index is -0.805. The summed E-state index contributed by atoms with van der Waals surface area (Å²) >= 11 is 0. The second-order valence-corrected chi connectivity index (χ2v) is 18.2. The molecule has 0 saturated carbocycles. The Hall–Kier alpha value is -2.70. The molecule has 3 atom stereocenters. The predicted molar refractivity (Wildman–Crippen MR) is 278 cm³/mol. The lowest BCUT2D eigenvalue weighted by Crippen LogP contribution is -2.46. The molecule has 0 saturated heterocycles. The fraction of sp³-hybridized carbons (Fsp3) is 0.759. The van der Waals surface area contributed by atoms with Gasteiger partial charge >= 0.3 is 5.97 Å². The second-order valence-electron chi connectivity index (χ2n) is 18.2. The van der Waals surface area contributed by atoms with E-state index in [0.717, 1.165) is 103 Å². The standard InChI is InChI=1S/C58H103NO5/c1-4-7-10-13-16-19-22-25-27-29-31-33-36-39-42-45-48-51-58(63)64-54(49-46-43-40-37-34-24-21-18-15-12-9-6-3)52-57(62)59-55(53-60)56(61)50-47-44-41-38-35-32-30-28-26-23-20-17-14-11-8-5-2/h9,12,16,18-19,21,25,27,31,33-34,37,54-56,60-61H,4-8,10-11,13-15,17,20,22-24,26,28-30,32,35-36,38-53H2,1-3H3,(H,59,62)/b12-9+,19-16-,21-18+,27-25-,33-31-,37-34+. The number of esters is 1. The van der Waals surface area contributed by atoms with Crippen LogP contribution >= 0.6 is 0 Å². The van der Waals surface area contributed by atoms with Gasteiger partial charge in [0, 0.05) is 6.42 Å². The van der Waals surface area contributed by atoms with E-state index < -0.39 is 18.2 Å². The van der Waals surface area contributed by atoms with Crippen LogP contribution < -0.4 is 5.32 Å². The lowest BCUT2D eigenvalue weighted by Gasteiger charge is -2.24. The first-order chi connectivity index (χ1) is 31.5. The van der Waals surface area contributed by atoms with Crippen molar-refractivity contribution in [3.8, 4) is 0 Å². The summed E-state index contributed by atoms with van der Waals surface area (Å²) in [5.41, 5.74) is 0. The van der Waals surface area contributed by atoms with Crippen LogP contribution in [0.5, 0.6) is 0 Å². The number of ether oxygens (including phenoxy) is 1. The fourth-order valence-corrected chi connectivity index (χ4v) is 7.92. The number of carbonyl (C=O) groups is 2. The molecule has 3 N–H and O–H groups in total. The minimum Gasteiger partial charge on any atom is -0.462 e. The number of nitrogens with one attached hydrogen (secondary N) is 1. The number of hydrogen-bond donors (Lipinski definition) is 3. The maximum Gasteiger partial charge on any atom is 0.306 e. The summed E-state index contributed by atoms with van der Waals surface area (Å²) in [4.78, 5) is 26.2. The summed E-state index contributed by atoms with van der Waals surface area (Å²) in [5.74, 6) is -0.537. The summed E-state index contributed by atoms with van der Waals surface area (Å²) in [6.45, 7) is 6.33. The van der Waals surface area contributed by atoms with E-state index in [9.17, 15) is 19.8 Å². The van der Waals surface area contributed by atoms with Crippen LogP contribution in [0.25, 0.3) is 0 Å². The largest absolute Gasteiger partial charge is 0.462 e. The van der Waals surface area contributed by atoms with Crippen molar-refractivity contribution in [3.63, 3.8) is 0 Å². The van der Waals surface area contributed by atoms with E-state index in [4.69, 9.17) is 4.74 Å². The van der Waals surface area contributed by atoms with Crippen molar-refractivity contribution in [2.24, 2.45) is 0 Å². The highest BCUT2D eigenvalue weighted by molar-refractivity contribution is 5.77. The highest BCUT2D eigenvalue weighted by Gasteiger charge is 2.24. The molecule has 0 aromatic rings. The molecule has 370 valence electrons. The molecule has 0 aliphatic rings. The molecular formula is C58H103NO5. The van der Waals surface area contributed by atoms with Crippen molar-refractivity contribution >= 4 is 11.9 Å². The summed E-state index contributed by atoms with van der Waals surface area (Å²) < 4.78 is 5.91. The molecule has 1 amide bonds. The van der Waals surface area contributed by atoms with E-state index in [1.807, 2.05) is 0 Å². The van der Waals surface area contributed by atoms with Crippen LogP contribution in [0.4, 0.5) is 0 Å². The lowest BCUT2D eigenvalue weighted by molar-refractivity contribution is -0.151. The average Bonchev–Trinajstić information content (AvgIpc) is 3.29. The monoisotopic (exact) mass is 894 g/mol. The van der Waals surface area contributed by atoms with Crippen molar-refractivity contribution in [3.05, 3.63) is 72.9 Å². The maximum absolute atomic E-state index is 13.2. The zero-order valence-corrected chi connectivity index (χ0v) is 42.1. The summed E-state index contributed by atoms with van der Waals surface area (Å²) in [5, 5.41) is 23.8. The second kappa shape index (κ2) is 51.3. The first-order valence-electron chi connectivity index (χ1n) is 27.2. The van der Waals surface area contributed by atoms with Gasteiger partial charge in [0.15, 0.2) is 0 Å². The van der Waals surface area contributed by atoms with Gasteiger partial charge in [0.05, 0.1) is 25.2 Å². The topological polar surface area (TPSA) is 95.9 Å². The van der Waals surface area contributed by atoms with Gasteiger partial charge in [-0.3, -0.25) is 9.59 Å². The van der Waals surface area contributed by atoms with Crippen molar-refractivity contribution in [1.29, 1.82) is 0 Å². The Morgan fingerprint density at radius 2 is 0.844 bits per heavy atom. The van der Waals surface area contributed by atoms with E-state index in [-0.39, 0.29) is 24.9 Å². The number of amides is 1. The maximum atomic E-state index is 13.2. The van der Waals surface area contributed by atoms with Crippen LogP contribution in [0.1, 0.15) is 258 Å². The van der Waals surface area contributed by atoms with E-state index in [0.29, 0.717) is 19.3 Å². The Kier molecular flexibility index (Phi) is 49.1. The van der Waals surface area contributed by atoms with Gasteiger partial charge < -0.3 is 20.3 Å². The van der Waals surface area contributed by atoms with E-state index in [1.165, 1.54) is 109 Å². The van der Waals surface area contributed by atoms with E-state index >= 15 is 0 Å². The molecule has 0 spiro atoms. The number of aliphatic hydroxyl groups excluding tert-OH is 2. The third-order valence-electron chi connectivity index (χ3n) is 12.0. The molecule has 0 heterocycles. The zero-order valence-electron chi connectivity index (χ0n) is 42.1. The molecule has 0 rings (SSSR count). The van der Waals surface area contributed by atoms with Gasteiger partial charge in [-0.2, -0.15) is 0 Å². The third kappa shape index (κ3) is 45.9. The summed E-state index contributed by atoms with van der Waals surface area (Å²) in [6, 6.07) is -0.722. The molecular weight excluding hydrogens is 791 g/mol. The van der Waals surface area contributed by atoms with Crippen molar-refractivity contribution in [1.82, 2.24) is 5.32 Å². The van der Waals surface area contributed by atoms with Gasteiger partial charge in [0.25, 0.3) is 0 Å². The van der Waals surface area contributed by atoms with Gasteiger partial charge in [-0.25, -0.2) is 0 Å². The first-order valence-corrected chi connectivity index (χ1v) is 27.2. The van der Waals surface area contributed by atoms with Gasteiger partial charge in [0.1, 0.15) is 6.10 Å². The number of aliphatic hydroxyl groups is 2. The molecule has 3 unspecified atom stereocenters. The minimum absolute atomic E-state index is 0.0401. The highest BCUT2D eigenvalue weighted by Crippen LogP contribution is 2.17. The number of rotatable bonds is 48. The molecule has 0 fully saturated rings. The fourth-order valence-electron chi connectivity index (χ4n) is 7.92. The van der Waals surface area contributed by atoms with Crippen molar-refractivity contribution in [2.45, 2.75) is 277 Å². The predicted octanol–water partition coefficient (Wildman–Crippen LogP) is 16.6. The van der Waals surface area contributed by atoms with Crippen LogP contribution in [-0.4, -0.2) is 46.9 Å². The summed E-state index contributed by atoms with van der Waals surface area (Å²) in [7, 11) is 0. The SMILES string of the molecule is CC/C=C/C/C=C/C/C=C/CCCCC(CC(=O)NC(CO)C(O)CCCCCCCCCCCCCCCCCC)OC(=O)CCCCCC/C=C\C/C=C\C/C=C\CCCCC. The molecule has 0 aliphatic carbocycles. The number of unbranched alkanes of at least 4 members (excludes halogenated alkanes) is 24. The number of hydrogen-bond acceptors (Lipinski definition) is 5. The molecule has 64 heavy (non-hydrogen) atoms. The normalized spacial score (nSPS) is 13.8. The van der Waals surface area contributed by atoms with Crippen molar-refractivity contribution in [2.75, 3.05) is 6.61 Å². The first kappa shape index (κ1) is 61.3. The molecule has 0 aromatic carbocycles. The smallest absolute Gasteiger partial charge is 0.306 e. The Morgan fingerprint density at radius 1 is 0.469 bits per heavy atom. The Balaban J connectivity index is 4.59. The molecule has 0 aliphatic heterocycles. The van der Waals surface area contributed by atoms with E-state index in [2.05, 4.69) is 99.0 Å². The van der Waals surface area contributed by atoms with Crippen LogP contribution in [0.2, 0.25) is 0 Å². The van der Waals surface area contributed by atoms with Gasteiger partial charge in [-0.05, 0) is 96.3 Å². The van der Waals surface area contributed by atoms with Crippen molar-refractivity contribution < 1.29 is 24.5 Å². The summed E-state index contributed by atoms with van der Waals surface area (Å²) in [6.07, 6.45) is 65.4. The molecule has 0 aromatic heterocycles. The lowest BCUT2D eigenvalue weighted by atomic mass is 10.0. The van der Waals surface area contributed by atoms with E-state index in [1.54, 1.807) is 0 Å². The Labute approximate surface area is 396 Å². The molecule has 6 heteroatoms. The molecule has 0 bridgehead atoms. The number of carbonyl (C=O) groups excluding carboxylic acids is 2. The Morgan fingerprint density at radius 3 is 1.33 bits per heavy atom. The van der Waals surface area contributed by atoms with Crippen LogP contribution in [0.3, 0.4) is 0 Å². The van der Waals surface area contributed by atoms with Gasteiger partial charge in [-0.1, -0.05) is 222 Å². The van der Waals surface area contributed by atoms with Crippen LogP contribution in [0, 0.1) is 0 Å². The zero-order chi connectivity index (χ0) is 46.7. The van der Waals surface area contributed by atoms with Crippen LogP contribution in [0.15, 0.2) is 72.9 Å². The van der Waals surface area contributed by atoms with Gasteiger partial charge in [-0.15, -0.1) is 0 Å². The van der Waals surface area contributed by atoms with Gasteiger partial charge in [0.2, 0.25) is 5.91 Å². The number of allylic oxidation sites excluding steroid dienone is 12. The third-order valence-corrected chi connectivity index (χ3v) is 12.0. The van der Waals surface area contributed by atoms with Crippen LogP contribution in [-0.2, 0) is 14.3 Å². The molecule has 0 radical (unpaired) electrons.